The van der Waals surface area contributed by atoms with E-state index < -0.39 is 0 Å². The van der Waals surface area contributed by atoms with Crippen LogP contribution in [0.1, 0.15) is 39.2 Å². The lowest BCUT2D eigenvalue weighted by atomic mass is 9.95. The van der Waals surface area contributed by atoms with Gasteiger partial charge < -0.3 is 10.1 Å². The normalized spacial score (nSPS) is 11.9. The van der Waals surface area contributed by atoms with Gasteiger partial charge in [-0.25, -0.2) is 0 Å². The molecule has 0 aliphatic heterocycles. The van der Waals surface area contributed by atoms with Gasteiger partial charge in [-0.3, -0.25) is 0 Å². The third-order valence-corrected chi connectivity index (χ3v) is 3.36. The molecule has 18 heavy (non-hydrogen) atoms. The first-order valence-electron chi connectivity index (χ1n) is 6.42. The predicted molar refractivity (Wildman–Crippen MR) is 81.4 cm³/mol. The van der Waals surface area contributed by atoms with Gasteiger partial charge in [-0.15, -0.1) is 0 Å². The summed E-state index contributed by atoms with van der Waals surface area (Å²) in [4.78, 5) is 0. The third-order valence-electron chi connectivity index (χ3n) is 2.87. The highest BCUT2D eigenvalue weighted by Crippen LogP contribution is 2.30. The fraction of sp³-hybridized carbons (Fsp3) is 0.600. The van der Waals surface area contributed by atoms with Crippen molar-refractivity contribution in [3.63, 3.8) is 0 Å². The first kappa shape index (κ1) is 15.5. The van der Waals surface area contributed by atoms with Crippen molar-refractivity contribution in [1.82, 2.24) is 5.32 Å². The zero-order valence-corrected chi connectivity index (χ0v) is 13.6. The summed E-state index contributed by atoms with van der Waals surface area (Å²) < 4.78 is 7.11. The molecule has 0 saturated carbocycles. The van der Waals surface area contributed by atoms with Crippen molar-refractivity contribution in [2.24, 2.45) is 5.41 Å². The van der Waals surface area contributed by atoms with Crippen LogP contribution < -0.4 is 10.1 Å². The monoisotopic (exact) mass is 313 g/mol. The Balaban J connectivity index is 2.78. The molecule has 0 unspecified atom stereocenters. The topological polar surface area (TPSA) is 21.3 Å². The second kappa shape index (κ2) is 6.58. The Labute approximate surface area is 119 Å². The van der Waals surface area contributed by atoms with Gasteiger partial charge in [0, 0.05) is 16.4 Å². The number of benzene rings is 1. The summed E-state index contributed by atoms with van der Waals surface area (Å²) in [6.07, 6.45) is 0. The SMILES string of the molecule is CNCC(C)(C)COc1ccc(Br)cc1C(C)C. The van der Waals surface area contributed by atoms with E-state index in [1.165, 1.54) is 5.56 Å². The number of hydrogen-bond donors (Lipinski definition) is 1. The first-order chi connectivity index (χ1) is 8.35. The molecule has 0 amide bonds. The standard InChI is InChI=1S/C15H24BrNO/c1-11(2)13-8-12(16)6-7-14(13)18-10-15(3,4)9-17-5/h6-8,11,17H,9-10H2,1-5H3. The molecular formula is C15H24BrNO. The lowest BCUT2D eigenvalue weighted by Gasteiger charge is -2.25. The van der Waals surface area contributed by atoms with Gasteiger partial charge in [-0.05, 0) is 36.7 Å². The second-order valence-corrected chi connectivity index (χ2v) is 6.74. The van der Waals surface area contributed by atoms with Crippen LogP contribution in [0, 0.1) is 5.41 Å². The molecule has 0 bridgehead atoms. The van der Waals surface area contributed by atoms with Gasteiger partial charge in [0.05, 0.1) is 6.61 Å². The molecule has 3 heteroatoms. The van der Waals surface area contributed by atoms with Crippen molar-refractivity contribution in [3.8, 4) is 5.75 Å². The van der Waals surface area contributed by atoms with Crippen molar-refractivity contribution in [1.29, 1.82) is 0 Å². The summed E-state index contributed by atoms with van der Waals surface area (Å²) in [6, 6.07) is 6.23. The minimum Gasteiger partial charge on any atom is -0.493 e. The van der Waals surface area contributed by atoms with E-state index in [1.807, 2.05) is 13.1 Å². The highest BCUT2D eigenvalue weighted by Gasteiger charge is 2.19. The molecular weight excluding hydrogens is 290 g/mol. The number of halogens is 1. The lowest BCUT2D eigenvalue weighted by Crippen LogP contribution is -2.32. The van der Waals surface area contributed by atoms with Crippen LogP contribution in [0.3, 0.4) is 0 Å². The second-order valence-electron chi connectivity index (χ2n) is 5.82. The van der Waals surface area contributed by atoms with Gasteiger partial charge in [0.25, 0.3) is 0 Å². The van der Waals surface area contributed by atoms with Gasteiger partial charge in [0.2, 0.25) is 0 Å². The molecule has 0 aromatic heterocycles. The van der Waals surface area contributed by atoms with Crippen LogP contribution in [0.5, 0.6) is 5.75 Å². The summed E-state index contributed by atoms with van der Waals surface area (Å²) in [5.74, 6) is 1.46. The maximum Gasteiger partial charge on any atom is 0.122 e. The molecule has 102 valence electrons. The Morgan fingerprint density at radius 3 is 2.56 bits per heavy atom. The molecule has 0 saturated heterocycles. The van der Waals surface area contributed by atoms with Crippen LogP contribution in [0.25, 0.3) is 0 Å². The molecule has 2 nitrogen and oxygen atoms in total. The molecule has 1 N–H and O–H groups in total. The van der Waals surface area contributed by atoms with Crippen molar-refractivity contribution in [2.45, 2.75) is 33.6 Å². The van der Waals surface area contributed by atoms with Crippen molar-refractivity contribution in [3.05, 3.63) is 28.2 Å². The highest BCUT2D eigenvalue weighted by atomic mass is 79.9. The maximum atomic E-state index is 6.01. The highest BCUT2D eigenvalue weighted by molar-refractivity contribution is 9.10. The van der Waals surface area contributed by atoms with E-state index in [1.54, 1.807) is 0 Å². The van der Waals surface area contributed by atoms with Gasteiger partial charge in [-0.1, -0.05) is 43.6 Å². The van der Waals surface area contributed by atoms with Crippen LogP contribution in [-0.2, 0) is 0 Å². The molecule has 1 aromatic rings. The van der Waals surface area contributed by atoms with Crippen LogP contribution in [-0.4, -0.2) is 20.2 Å². The Kier molecular flexibility index (Phi) is 5.67. The number of ether oxygens (including phenoxy) is 1. The number of rotatable bonds is 6. The van der Waals surface area contributed by atoms with E-state index in [0.29, 0.717) is 5.92 Å². The number of hydrogen-bond acceptors (Lipinski definition) is 2. The summed E-state index contributed by atoms with van der Waals surface area (Å²) in [7, 11) is 1.97. The zero-order valence-electron chi connectivity index (χ0n) is 12.0. The van der Waals surface area contributed by atoms with Crippen LogP contribution in [0.2, 0.25) is 0 Å². The van der Waals surface area contributed by atoms with Crippen LogP contribution >= 0.6 is 15.9 Å². The first-order valence-corrected chi connectivity index (χ1v) is 7.22. The average molecular weight is 314 g/mol. The van der Waals surface area contributed by atoms with E-state index in [2.05, 4.69) is 61.1 Å². The molecule has 0 aliphatic rings. The lowest BCUT2D eigenvalue weighted by molar-refractivity contribution is 0.177. The van der Waals surface area contributed by atoms with Crippen LogP contribution in [0.15, 0.2) is 22.7 Å². The van der Waals surface area contributed by atoms with Gasteiger partial charge in [-0.2, -0.15) is 0 Å². The fourth-order valence-corrected chi connectivity index (χ4v) is 2.28. The minimum absolute atomic E-state index is 0.135. The largest absolute Gasteiger partial charge is 0.493 e. The van der Waals surface area contributed by atoms with Gasteiger partial charge in [0.15, 0.2) is 0 Å². The van der Waals surface area contributed by atoms with Crippen molar-refractivity contribution < 1.29 is 4.74 Å². The van der Waals surface area contributed by atoms with Crippen molar-refractivity contribution in [2.75, 3.05) is 20.2 Å². The van der Waals surface area contributed by atoms with E-state index in [9.17, 15) is 0 Å². The third kappa shape index (κ3) is 4.62. The Hall–Kier alpha value is -0.540. The molecule has 1 aromatic carbocycles. The molecule has 0 aliphatic carbocycles. The molecule has 1 rings (SSSR count). The van der Waals surface area contributed by atoms with E-state index in [4.69, 9.17) is 4.74 Å². The molecule has 0 atom stereocenters. The maximum absolute atomic E-state index is 6.01. The smallest absolute Gasteiger partial charge is 0.122 e. The Morgan fingerprint density at radius 2 is 2.00 bits per heavy atom. The van der Waals surface area contributed by atoms with E-state index in [-0.39, 0.29) is 5.41 Å². The fourth-order valence-electron chi connectivity index (χ4n) is 1.90. The Morgan fingerprint density at radius 1 is 1.33 bits per heavy atom. The van der Waals surface area contributed by atoms with E-state index >= 15 is 0 Å². The molecule has 0 radical (unpaired) electrons. The molecule has 0 heterocycles. The summed E-state index contributed by atoms with van der Waals surface area (Å²) in [5.41, 5.74) is 1.39. The minimum atomic E-state index is 0.135. The van der Waals surface area contributed by atoms with Gasteiger partial charge >= 0.3 is 0 Å². The van der Waals surface area contributed by atoms with Crippen LogP contribution in [0.4, 0.5) is 0 Å². The van der Waals surface area contributed by atoms with E-state index in [0.717, 1.165) is 23.4 Å². The quantitative estimate of drug-likeness (QED) is 0.850. The van der Waals surface area contributed by atoms with Crippen molar-refractivity contribution >= 4 is 15.9 Å². The summed E-state index contributed by atoms with van der Waals surface area (Å²) in [6.45, 7) is 10.4. The zero-order chi connectivity index (χ0) is 13.8. The number of nitrogens with one attached hydrogen (secondary N) is 1. The molecule has 0 spiro atoms. The average Bonchev–Trinajstić information content (AvgIpc) is 2.27. The van der Waals surface area contributed by atoms with Gasteiger partial charge in [0.1, 0.15) is 5.75 Å². The summed E-state index contributed by atoms with van der Waals surface area (Å²) in [5, 5.41) is 3.20. The Bertz CT molecular complexity index is 388. The predicted octanol–water partition coefficient (Wildman–Crippen LogP) is 4.20. The summed E-state index contributed by atoms with van der Waals surface area (Å²) >= 11 is 3.51. The molecule has 0 fully saturated rings.